The second kappa shape index (κ2) is 7.08. The minimum Gasteiger partial charge on any atom is -0.494 e. The summed E-state index contributed by atoms with van der Waals surface area (Å²) >= 11 is 0. The zero-order valence-electron chi connectivity index (χ0n) is 14.9. The van der Waals surface area contributed by atoms with Gasteiger partial charge in [-0.2, -0.15) is 4.68 Å². The Bertz CT molecular complexity index is 738. The van der Waals surface area contributed by atoms with Crippen LogP contribution in [0.4, 0.5) is 4.79 Å². The first-order valence-corrected chi connectivity index (χ1v) is 8.52. The van der Waals surface area contributed by atoms with E-state index in [1.165, 1.54) is 0 Å². The summed E-state index contributed by atoms with van der Waals surface area (Å²) in [6.45, 7) is 0. The van der Waals surface area contributed by atoms with Crippen molar-refractivity contribution in [2.24, 2.45) is 0 Å². The standard InChI is InChI=1S/C17H24N6O2/c1-18-16(24)22(2)17(11-7-4-8-12-17)15-19-20-21-23(15)13-9-5-6-10-14(13)25-3/h5-6,9-10H,4,7-8,11-12H2,1-3H3,(H,18,24). The lowest BCUT2D eigenvalue weighted by atomic mass is 9.79. The Morgan fingerprint density at radius 1 is 1.28 bits per heavy atom. The van der Waals surface area contributed by atoms with Crippen LogP contribution in [0.2, 0.25) is 0 Å². The number of hydrogen-bond donors (Lipinski definition) is 1. The minimum atomic E-state index is -0.539. The SMILES string of the molecule is CNC(=O)N(C)C1(c2nnnn2-c2ccccc2OC)CCCCC1. The number of rotatable bonds is 4. The highest BCUT2D eigenvalue weighted by atomic mass is 16.5. The Balaban J connectivity index is 2.13. The van der Waals surface area contributed by atoms with E-state index < -0.39 is 5.54 Å². The number of hydrogen-bond acceptors (Lipinski definition) is 5. The third kappa shape index (κ3) is 2.92. The zero-order chi connectivity index (χ0) is 17.9. The molecule has 25 heavy (non-hydrogen) atoms. The molecule has 1 aromatic heterocycles. The van der Waals surface area contributed by atoms with Gasteiger partial charge in [-0.1, -0.05) is 31.4 Å². The molecule has 1 N–H and O–H groups in total. The summed E-state index contributed by atoms with van der Waals surface area (Å²) in [7, 11) is 5.07. The lowest BCUT2D eigenvalue weighted by molar-refractivity contribution is 0.0873. The fourth-order valence-corrected chi connectivity index (χ4v) is 3.65. The summed E-state index contributed by atoms with van der Waals surface area (Å²) in [4.78, 5) is 14.1. The van der Waals surface area contributed by atoms with E-state index >= 15 is 0 Å². The van der Waals surface area contributed by atoms with Crippen LogP contribution in [-0.4, -0.2) is 52.3 Å². The highest BCUT2D eigenvalue weighted by Crippen LogP contribution is 2.41. The molecule has 2 aromatic rings. The molecular formula is C17H24N6O2. The van der Waals surface area contributed by atoms with Gasteiger partial charge in [0.1, 0.15) is 17.0 Å². The Morgan fingerprint density at radius 3 is 2.68 bits per heavy atom. The van der Waals surface area contributed by atoms with Gasteiger partial charge >= 0.3 is 6.03 Å². The van der Waals surface area contributed by atoms with Crippen LogP contribution in [0.1, 0.15) is 37.9 Å². The number of carbonyl (C=O) groups excluding carboxylic acids is 1. The number of ether oxygens (including phenoxy) is 1. The number of nitrogens with one attached hydrogen (secondary N) is 1. The van der Waals surface area contributed by atoms with E-state index in [-0.39, 0.29) is 6.03 Å². The molecule has 1 heterocycles. The number of urea groups is 1. The van der Waals surface area contributed by atoms with Gasteiger partial charge in [0.2, 0.25) is 0 Å². The second-order valence-corrected chi connectivity index (χ2v) is 6.29. The maximum atomic E-state index is 12.4. The number of para-hydroxylation sites is 2. The maximum Gasteiger partial charge on any atom is 0.317 e. The van der Waals surface area contributed by atoms with Crippen LogP contribution in [0.3, 0.4) is 0 Å². The van der Waals surface area contributed by atoms with E-state index in [1.54, 1.807) is 23.7 Å². The highest BCUT2D eigenvalue weighted by Gasteiger charge is 2.45. The van der Waals surface area contributed by atoms with Gasteiger partial charge in [0.15, 0.2) is 5.82 Å². The average Bonchev–Trinajstić information content (AvgIpc) is 3.17. The molecule has 1 aliphatic rings. The Labute approximate surface area is 147 Å². The number of nitrogens with zero attached hydrogens (tertiary/aromatic N) is 5. The van der Waals surface area contributed by atoms with Crippen molar-refractivity contribution in [2.45, 2.75) is 37.6 Å². The van der Waals surface area contributed by atoms with Crippen molar-refractivity contribution in [1.82, 2.24) is 30.4 Å². The van der Waals surface area contributed by atoms with Crippen molar-refractivity contribution in [3.05, 3.63) is 30.1 Å². The molecule has 3 rings (SSSR count). The Hall–Kier alpha value is -2.64. The number of amides is 2. The molecule has 0 bridgehead atoms. The summed E-state index contributed by atoms with van der Waals surface area (Å²) < 4.78 is 7.16. The van der Waals surface area contributed by atoms with Gasteiger partial charge in [0.25, 0.3) is 0 Å². The molecule has 1 saturated carbocycles. The lowest BCUT2D eigenvalue weighted by Crippen LogP contribution is -2.52. The largest absolute Gasteiger partial charge is 0.494 e. The third-order valence-corrected chi connectivity index (χ3v) is 5.04. The van der Waals surface area contributed by atoms with Crippen molar-refractivity contribution in [3.63, 3.8) is 0 Å². The molecular weight excluding hydrogens is 320 g/mol. The topological polar surface area (TPSA) is 85.2 Å². The Kier molecular flexibility index (Phi) is 4.87. The number of methoxy groups -OCH3 is 1. The van der Waals surface area contributed by atoms with Crippen LogP contribution >= 0.6 is 0 Å². The summed E-state index contributed by atoms with van der Waals surface area (Å²) in [6.07, 6.45) is 4.86. The smallest absolute Gasteiger partial charge is 0.317 e. The van der Waals surface area contributed by atoms with Crippen molar-refractivity contribution < 1.29 is 9.53 Å². The van der Waals surface area contributed by atoms with Crippen LogP contribution in [0, 0.1) is 0 Å². The molecule has 0 saturated heterocycles. The van der Waals surface area contributed by atoms with Crippen molar-refractivity contribution >= 4 is 6.03 Å². The average molecular weight is 344 g/mol. The van der Waals surface area contributed by atoms with E-state index in [9.17, 15) is 4.79 Å². The van der Waals surface area contributed by atoms with Gasteiger partial charge in [-0.25, -0.2) is 4.79 Å². The first-order valence-electron chi connectivity index (χ1n) is 8.52. The summed E-state index contributed by atoms with van der Waals surface area (Å²) in [5, 5.41) is 15.2. The molecule has 0 radical (unpaired) electrons. The minimum absolute atomic E-state index is 0.142. The molecule has 1 fully saturated rings. The summed E-state index contributed by atoms with van der Waals surface area (Å²) in [5.74, 6) is 1.35. The molecule has 8 nitrogen and oxygen atoms in total. The van der Waals surface area contributed by atoms with Crippen molar-refractivity contribution in [1.29, 1.82) is 0 Å². The molecule has 0 aliphatic heterocycles. The van der Waals surface area contributed by atoms with Crippen molar-refractivity contribution in [3.8, 4) is 11.4 Å². The predicted octanol–water partition coefficient (Wildman–Crippen LogP) is 2.10. The third-order valence-electron chi connectivity index (χ3n) is 5.04. The van der Waals surface area contributed by atoms with Gasteiger partial charge in [-0.3, -0.25) is 0 Å². The van der Waals surface area contributed by atoms with E-state index in [2.05, 4.69) is 20.8 Å². The normalized spacial score (nSPS) is 16.3. The number of aromatic nitrogens is 4. The zero-order valence-corrected chi connectivity index (χ0v) is 14.9. The van der Waals surface area contributed by atoms with E-state index in [4.69, 9.17) is 4.74 Å². The van der Waals surface area contributed by atoms with Crippen LogP contribution in [0.15, 0.2) is 24.3 Å². The molecule has 134 valence electrons. The van der Waals surface area contributed by atoms with Gasteiger partial charge in [-0.05, 0) is 35.4 Å². The predicted molar refractivity (Wildman–Crippen MR) is 92.7 cm³/mol. The van der Waals surface area contributed by atoms with Crippen molar-refractivity contribution in [2.75, 3.05) is 21.2 Å². The Morgan fingerprint density at radius 2 is 2.00 bits per heavy atom. The summed E-state index contributed by atoms with van der Waals surface area (Å²) in [5.41, 5.74) is 0.225. The van der Waals surface area contributed by atoms with Crippen LogP contribution in [-0.2, 0) is 5.54 Å². The van der Waals surface area contributed by atoms with Gasteiger partial charge < -0.3 is 15.0 Å². The fraction of sp³-hybridized carbons (Fsp3) is 0.529. The van der Waals surface area contributed by atoms with Crippen LogP contribution in [0.5, 0.6) is 5.75 Å². The number of benzene rings is 1. The van der Waals surface area contributed by atoms with Gasteiger partial charge in [-0.15, -0.1) is 5.10 Å². The first kappa shape index (κ1) is 17.2. The van der Waals surface area contributed by atoms with Gasteiger partial charge in [0, 0.05) is 14.1 Å². The molecule has 0 atom stereocenters. The summed E-state index contributed by atoms with van der Waals surface area (Å²) in [6, 6.07) is 7.46. The highest BCUT2D eigenvalue weighted by molar-refractivity contribution is 5.74. The van der Waals surface area contributed by atoms with E-state index in [1.807, 2.05) is 31.3 Å². The fourth-order valence-electron chi connectivity index (χ4n) is 3.65. The van der Waals surface area contributed by atoms with Crippen LogP contribution < -0.4 is 10.1 Å². The molecule has 0 spiro atoms. The number of carbonyl (C=O) groups is 1. The van der Waals surface area contributed by atoms with E-state index in [0.29, 0.717) is 11.6 Å². The van der Waals surface area contributed by atoms with Crippen LogP contribution in [0.25, 0.3) is 5.69 Å². The lowest BCUT2D eigenvalue weighted by Gasteiger charge is -2.43. The second-order valence-electron chi connectivity index (χ2n) is 6.29. The molecule has 1 aromatic carbocycles. The monoisotopic (exact) mass is 344 g/mol. The first-order chi connectivity index (χ1) is 12.1. The number of tetrazole rings is 1. The van der Waals surface area contributed by atoms with E-state index in [0.717, 1.165) is 37.8 Å². The molecule has 2 amide bonds. The maximum absolute atomic E-state index is 12.4. The molecule has 0 unspecified atom stereocenters. The quantitative estimate of drug-likeness (QED) is 0.918. The van der Waals surface area contributed by atoms with Gasteiger partial charge in [0.05, 0.1) is 7.11 Å². The molecule has 1 aliphatic carbocycles. The molecule has 8 heteroatoms.